The second-order valence-electron chi connectivity index (χ2n) is 5.38. The van der Waals surface area contributed by atoms with Gasteiger partial charge in [0.1, 0.15) is 0 Å². The monoisotopic (exact) mass is 361 g/mol. The molecule has 0 bridgehead atoms. The second kappa shape index (κ2) is 7.73. The van der Waals surface area contributed by atoms with Gasteiger partial charge in [-0.25, -0.2) is 4.39 Å². The first kappa shape index (κ1) is 17.5. The molecule has 2 aromatic carbocycles. The van der Waals surface area contributed by atoms with Crippen LogP contribution in [0.5, 0.6) is 5.75 Å². The largest absolute Gasteiger partial charge is 0.432 e. The molecule has 1 amide bonds. The summed E-state index contributed by atoms with van der Waals surface area (Å²) in [7, 11) is 0. The van der Waals surface area contributed by atoms with Crippen LogP contribution >= 0.6 is 0 Å². The Hall–Kier alpha value is -3.29. The Morgan fingerprint density at radius 3 is 2.58 bits per heavy atom. The molecule has 26 heavy (non-hydrogen) atoms. The molecule has 134 valence electrons. The molecule has 0 spiro atoms. The third kappa shape index (κ3) is 4.41. The summed E-state index contributed by atoms with van der Waals surface area (Å²) < 4.78 is 43.7. The van der Waals surface area contributed by atoms with E-state index >= 15 is 0 Å². The summed E-state index contributed by atoms with van der Waals surface area (Å²) in [4.78, 5) is 12.2. The summed E-state index contributed by atoms with van der Waals surface area (Å²) in [5.41, 5.74) is 1.47. The lowest BCUT2D eigenvalue weighted by atomic mass is 10.1. The van der Waals surface area contributed by atoms with E-state index in [1.165, 1.54) is 6.07 Å². The van der Waals surface area contributed by atoms with Crippen molar-refractivity contribution in [1.29, 1.82) is 0 Å². The van der Waals surface area contributed by atoms with Crippen LogP contribution in [-0.4, -0.2) is 22.3 Å². The Morgan fingerprint density at radius 2 is 1.96 bits per heavy atom. The number of hydrogen-bond acceptors (Lipinski definition) is 3. The number of alkyl halides is 2. The van der Waals surface area contributed by atoms with Gasteiger partial charge in [0.05, 0.1) is 6.54 Å². The number of rotatable bonds is 6. The summed E-state index contributed by atoms with van der Waals surface area (Å²) in [5, 5.41) is 6.61. The fourth-order valence-corrected chi connectivity index (χ4v) is 2.32. The van der Waals surface area contributed by atoms with Crippen molar-refractivity contribution in [3.8, 4) is 5.75 Å². The SMILES string of the molecule is O=C(Nc1ccc(OC(F)F)c(F)c1)c1ccc(Cn2cccn2)cc1. The van der Waals surface area contributed by atoms with E-state index < -0.39 is 24.1 Å². The lowest BCUT2D eigenvalue weighted by Gasteiger charge is -2.09. The standard InChI is InChI=1S/C18H14F3N3O2/c19-15-10-14(6-7-16(15)26-18(20)21)23-17(25)13-4-2-12(3-5-13)11-24-9-1-8-22-24/h1-10,18H,11H2,(H,23,25). The van der Waals surface area contributed by atoms with E-state index in [0.29, 0.717) is 12.1 Å². The highest BCUT2D eigenvalue weighted by molar-refractivity contribution is 6.04. The van der Waals surface area contributed by atoms with Crippen molar-refractivity contribution in [3.05, 3.63) is 77.9 Å². The summed E-state index contributed by atoms with van der Waals surface area (Å²) in [6, 6.07) is 11.9. The zero-order valence-electron chi connectivity index (χ0n) is 13.4. The Bertz CT molecular complexity index is 881. The third-order valence-electron chi connectivity index (χ3n) is 3.53. The highest BCUT2D eigenvalue weighted by Crippen LogP contribution is 2.23. The van der Waals surface area contributed by atoms with Crippen LogP contribution in [0.3, 0.4) is 0 Å². The van der Waals surface area contributed by atoms with Gasteiger partial charge in [0.2, 0.25) is 0 Å². The third-order valence-corrected chi connectivity index (χ3v) is 3.53. The number of halogens is 3. The quantitative estimate of drug-likeness (QED) is 0.724. The van der Waals surface area contributed by atoms with E-state index in [1.54, 1.807) is 35.1 Å². The van der Waals surface area contributed by atoms with Gasteiger partial charge in [-0.3, -0.25) is 9.48 Å². The number of carbonyl (C=O) groups is 1. The molecule has 1 aromatic heterocycles. The fourth-order valence-electron chi connectivity index (χ4n) is 2.32. The molecule has 1 N–H and O–H groups in total. The molecule has 1 heterocycles. The van der Waals surface area contributed by atoms with Gasteiger partial charge < -0.3 is 10.1 Å². The number of nitrogens with one attached hydrogen (secondary N) is 1. The number of amides is 1. The van der Waals surface area contributed by atoms with Crippen LogP contribution in [-0.2, 0) is 6.54 Å². The highest BCUT2D eigenvalue weighted by atomic mass is 19.3. The van der Waals surface area contributed by atoms with Crippen LogP contribution in [0.1, 0.15) is 15.9 Å². The summed E-state index contributed by atoms with van der Waals surface area (Å²) >= 11 is 0. The smallest absolute Gasteiger partial charge is 0.387 e. The van der Waals surface area contributed by atoms with E-state index in [1.807, 2.05) is 12.3 Å². The molecular formula is C18H14F3N3O2. The van der Waals surface area contributed by atoms with Crippen molar-refractivity contribution in [2.24, 2.45) is 0 Å². The molecule has 3 rings (SSSR count). The average molecular weight is 361 g/mol. The van der Waals surface area contributed by atoms with Gasteiger partial charge in [-0.05, 0) is 35.9 Å². The minimum atomic E-state index is -3.12. The van der Waals surface area contributed by atoms with Crippen molar-refractivity contribution in [1.82, 2.24) is 9.78 Å². The van der Waals surface area contributed by atoms with Crippen molar-refractivity contribution in [2.75, 3.05) is 5.32 Å². The topological polar surface area (TPSA) is 56.1 Å². The molecule has 0 saturated carbocycles. The molecule has 0 fully saturated rings. The Labute approximate surface area is 147 Å². The van der Waals surface area contributed by atoms with Crippen LogP contribution in [0, 0.1) is 5.82 Å². The van der Waals surface area contributed by atoms with Gasteiger partial charge in [-0.1, -0.05) is 12.1 Å². The Morgan fingerprint density at radius 1 is 1.19 bits per heavy atom. The zero-order chi connectivity index (χ0) is 18.5. The van der Waals surface area contributed by atoms with Crippen LogP contribution in [0.25, 0.3) is 0 Å². The Kier molecular flexibility index (Phi) is 5.21. The predicted molar refractivity (Wildman–Crippen MR) is 88.8 cm³/mol. The second-order valence-corrected chi connectivity index (χ2v) is 5.38. The summed E-state index contributed by atoms with van der Waals surface area (Å²) in [6.07, 6.45) is 3.51. The molecule has 3 aromatic rings. The number of hydrogen-bond donors (Lipinski definition) is 1. The summed E-state index contributed by atoms with van der Waals surface area (Å²) in [6.45, 7) is -2.55. The molecule has 0 saturated heterocycles. The van der Waals surface area contributed by atoms with Crippen LogP contribution in [0.2, 0.25) is 0 Å². The van der Waals surface area contributed by atoms with Crippen molar-refractivity contribution >= 4 is 11.6 Å². The van der Waals surface area contributed by atoms with Gasteiger partial charge in [-0.2, -0.15) is 13.9 Å². The molecule has 5 nitrogen and oxygen atoms in total. The van der Waals surface area contributed by atoms with E-state index in [2.05, 4.69) is 15.2 Å². The van der Waals surface area contributed by atoms with Gasteiger partial charge in [-0.15, -0.1) is 0 Å². The lowest BCUT2D eigenvalue weighted by Crippen LogP contribution is -2.12. The molecule has 0 atom stereocenters. The van der Waals surface area contributed by atoms with Gasteiger partial charge >= 0.3 is 6.61 Å². The Balaban J connectivity index is 1.65. The van der Waals surface area contributed by atoms with Crippen molar-refractivity contribution in [3.63, 3.8) is 0 Å². The minimum Gasteiger partial charge on any atom is -0.432 e. The van der Waals surface area contributed by atoms with Crippen molar-refractivity contribution in [2.45, 2.75) is 13.2 Å². The predicted octanol–water partition coefficient (Wildman–Crippen LogP) is 3.92. The van der Waals surface area contributed by atoms with E-state index in [-0.39, 0.29) is 5.69 Å². The number of ether oxygens (including phenoxy) is 1. The zero-order valence-corrected chi connectivity index (χ0v) is 13.4. The number of nitrogens with zero attached hydrogens (tertiary/aromatic N) is 2. The first-order chi connectivity index (χ1) is 12.5. The normalized spacial score (nSPS) is 10.8. The molecule has 0 unspecified atom stereocenters. The van der Waals surface area contributed by atoms with Crippen molar-refractivity contribution < 1.29 is 22.7 Å². The number of aromatic nitrogens is 2. The van der Waals surface area contributed by atoms with Gasteiger partial charge in [0, 0.05) is 29.7 Å². The first-order valence-corrected chi connectivity index (χ1v) is 7.63. The molecule has 0 aliphatic rings. The molecule has 8 heteroatoms. The van der Waals surface area contributed by atoms with E-state index in [4.69, 9.17) is 0 Å². The molecule has 0 aliphatic carbocycles. The fraction of sp³-hybridized carbons (Fsp3) is 0.111. The lowest BCUT2D eigenvalue weighted by molar-refractivity contribution is -0.0521. The van der Waals surface area contributed by atoms with Crippen LogP contribution in [0.4, 0.5) is 18.9 Å². The molecule has 0 radical (unpaired) electrons. The number of anilines is 1. The maximum atomic E-state index is 13.7. The van der Waals surface area contributed by atoms with Gasteiger partial charge in [0.15, 0.2) is 11.6 Å². The minimum absolute atomic E-state index is 0.134. The number of carbonyl (C=O) groups excluding carboxylic acids is 1. The highest BCUT2D eigenvalue weighted by Gasteiger charge is 2.12. The first-order valence-electron chi connectivity index (χ1n) is 7.63. The van der Waals surface area contributed by atoms with E-state index in [0.717, 1.165) is 17.7 Å². The maximum Gasteiger partial charge on any atom is 0.387 e. The van der Waals surface area contributed by atoms with E-state index in [9.17, 15) is 18.0 Å². The average Bonchev–Trinajstić information content (AvgIpc) is 3.10. The molecular weight excluding hydrogens is 347 g/mol. The summed E-state index contributed by atoms with van der Waals surface area (Å²) in [5.74, 6) is -2.02. The van der Waals surface area contributed by atoms with Gasteiger partial charge in [0.25, 0.3) is 5.91 Å². The van der Waals surface area contributed by atoms with Crippen LogP contribution < -0.4 is 10.1 Å². The maximum absolute atomic E-state index is 13.7. The van der Waals surface area contributed by atoms with Crippen LogP contribution in [0.15, 0.2) is 60.9 Å². The number of benzene rings is 2. The molecule has 0 aliphatic heterocycles.